The number of nitrogens with zero attached hydrogens (tertiary/aromatic N) is 4. The Hall–Kier alpha value is -13.4. The Balaban J connectivity index is 0.000000338. The van der Waals surface area contributed by atoms with Gasteiger partial charge in [-0.05, 0) is 202 Å². The Morgan fingerprint density at radius 1 is 0.165 bits per heavy atom. The molecule has 0 spiro atoms. The van der Waals surface area contributed by atoms with E-state index in [1.165, 1.54) is 11.4 Å². The van der Waals surface area contributed by atoms with Crippen LogP contribution in [0.4, 0.5) is 45.5 Å². The summed E-state index contributed by atoms with van der Waals surface area (Å²) in [4.78, 5) is 8.88. The number of rotatable bonds is 15. The second kappa shape index (κ2) is 31.3. The Bertz CT molecular complexity index is 5770. The molecular formula is C104H72IrN4-4. The van der Waals surface area contributed by atoms with E-state index in [4.69, 9.17) is 0 Å². The van der Waals surface area contributed by atoms with Crippen LogP contribution >= 0.6 is 0 Å². The van der Waals surface area contributed by atoms with Crippen LogP contribution in [0.5, 0.6) is 0 Å². The van der Waals surface area contributed by atoms with E-state index >= 15 is 0 Å². The van der Waals surface area contributed by atoms with E-state index in [1.807, 2.05) is 24.3 Å². The molecular weight excluding hydrogens is 1500 g/mol. The molecule has 0 aromatic heterocycles. The number of anilines is 8. The van der Waals surface area contributed by atoms with Gasteiger partial charge in [-0.3, -0.25) is 0 Å². The normalized spacial score (nSPS) is 12.0. The molecule has 2 aliphatic heterocycles. The first kappa shape index (κ1) is 68.7. The molecule has 17 aromatic carbocycles. The van der Waals surface area contributed by atoms with Gasteiger partial charge < -0.3 is 19.6 Å². The van der Waals surface area contributed by atoms with E-state index in [1.54, 1.807) is 0 Å². The topological polar surface area (TPSA) is 13.0 Å². The van der Waals surface area contributed by atoms with Crippen molar-refractivity contribution >= 4 is 45.5 Å². The van der Waals surface area contributed by atoms with Crippen LogP contribution in [0.15, 0.2) is 425 Å². The third-order valence-electron chi connectivity index (χ3n) is 20.4. The van der Waals surface area contributed by atoms with E-state index in [0.29, 0.717) is 0 Å². The molecule has 1 radical (unpaired) electrons. The summed E-state index contributed by atoms with van der Waals surface area (Å²) in [6.07, 6.45) is 0. The molecule has 19 rings (SSSR count). The number of hydrogen-bond donors (Lipinski definition) is 0. The van der Waals surface area contributed by atoms with Crippen molar-refractivity contribution in [3.05, 3.63) is 450 Å². The molecule has 521 valence electrons. The van der Waals surface area contributed by atoms with Crippen molar-refractivity contribution in [3.8, 4) is 122 Å². The number of para-hydroxylation sites is 7. The summed E-state index contributed by atoms with van der Waals surface area (Å²) in [5.74, 6) is 0. The minimum absolute atomic E-state index is 0. The standard InChI is InChI=1S/C85H58N2.C19H14N2.Ir/c1-9-28-60(29-10-1)70-52-71(61-30-11-2-12-31-61)55-74(54-70)84-80(65-36-17-5-18-37-65)81(66-38-19-6-20-39-66)85(75-56-72(62-32-13-3-14-33-62)53-73(57-75)63-34-15-4-16-35-63)83(82(84)67-40-21-7-22-41-67)68-50-48-64(49-51-68)69-42-27-45-77(58-69)87-59-86(76-43-23-8-24-44-76)78-46-25-26-47-79(78)87;1-3-9-16(10-4-1)20-15-21(17-11-5-2-6-12-17)19-14-8-7-13-18(19)20;/h1-44,46-59H;1-11,13-15H;/q2*-2;. The van der Waals surface area contributed by atoms with Gasteiger partial charge in [-0.2, -0.15) is 48.5 Å². The Kier molecular flexibility index (Phi) is 19.7. The van der Waals surface area contributed by atoms with Crippen LogP contribution in [0.3, 0.4) is 0 Å². The molecule has 0 fully saturated rings. The minimum Gasteiger partial charge on any atom is -0.493 e. The molecule has 0 saturated carbocycles. The van der Waals surface area contributed by atoms with Gasteiger partial charge in [0.1, 0.15) is 0 Å². The van der Waals surface area contributed by atoms with Crippen LogP contribution < -0.4 is 19.6 Å². The predicted molar refractivity (Wildman–Crippen MR) is 453 cm³/mol. The zero-order valence-corrected chi connectivity index (χ0v) is 62.1. The van der Waals surface area contributed by atoms with E-state index in [9.17, 15) is 0 Å². The summed E-state index contributed by atoms with van der Waals surface area (Å²) in [6, 6.07) is 160. The van der Waals surface area contributed by atoms with Gasteiger partial charge in [0.2, 0.25) is 0 Å². The first-order chi connectivity index (χ1) is 53.6. The summed E-state index contributed by atoms with van der Waals surface area (Å²) in [5, 5.41) is 0. The molecule has 0 amide bonds. The van der Waals surface area contributed by atoms with Gasteiger partial charge >= 0.3 is 0 Å². The molecule has 109 heavy (non-hydrogen) atoms. The van der Waals surface area contributed by atoms with Gasteiger partial charge in [-0.25, -0.2) is 0 Å². The van der Waals surface area contributed by atoms with Gasteiger partial charge in [0, 0.05) is 54.2 Å². The van der Waals surface area contributed by atoms with Crippen molar-refractivity contribution in [2.24, 2.45) is 0 Å². The largest absolute Gasteiger partial charge is 0.493 e. The third-order valence-corrected chi connectivity index (χ3v) is 20.4. The minimum atomic E-state index is 0. The van der Waals surface area contributed by atoms with Crippen molar-refractivity contribution in [3.63, 3.8) is 0 Å². The van der Waals surface area contributed by atoms with E-state index < -0.39 is 0 Å². The molecule has 0 atom stereocenters. The fourth-order valence-electron chi connectivity index (χ4n) is 15.4. The zero-order valence-electron chi connectivity index (χ0n) is 59.7. The van der Waals surface area contributed by atoms with E-state index in [2.05, 4.69) is 445 Å². The van der Waals surface area contributed by atoms with Crippen molar-refractivity contribution in [1.29, 1.82) is 0 Å². The van der Waals surface area contributed by atoms with Crippen molar-refractivity contribution in [2.75, 3.05) is 19.6 Å². The average molecular weight is 1570 g/mol. The SMILES string of the molecule is [Ir].[c-]1ccc(-c2ccc(-c3c(-c4ccccc4)c(-c4cc(-c5ccccc5)cc(-c5ccccc5)c4)c(-c4ccccc4)c(-c4ccccc4)c3-c3cc(-c4ccccc4)cc(-c4ccccc4)c3)cc2)cc1N1[CH-]N(c2ccccc2)c2ccccc21.[c-]1ccccc1N1[CH-]N(c2ccccc2)c2ccccc21. The fourth-order valence-corrected chi connectivity index (χ4v) is 15.4. The number of fused-ring (bicyclic) bond motifs is 2. The average Bonchev–Trinajstić information content (AvgIpc) is 1.45. The summed E-state index contributed by atoms with van der Waals surface area (Å²) < 4.78 is 0. The molecule has 17 aromatic rings. The van der Waals surface area contributed by atoms with E-state index in [-0.39, 0.29) is 20.1 Å². The maximum absolute atomic E-state index is 3.61. The first-order valence-corrected chi connectivity index (χ1v) is 36.8. The van der Waals surface area contributed by atoms with Crippen LogP contribution in [0.25, 0.3) is 122 Å². The Labute approximate surface area is 653 Å². The smallest absolute Gasteiger partial charge is 0.0344 e. The molecule has 4 nitrogen and oxygen atoms in total. The van der Waals surface area contributed by atoms with Crippen LogP contribution in [-0.2, 0) is 20.1 Å². The fraction of sp³-hybridized carbons (Fsp3) is 0. The van der Waals surface area contributed by atoms with Gasteiger partial charge in [0.15, 0.2) is 0 Å². The molecule has 2 heterocycles. The van der Waals surface area contributed by atoms with Crippen molar-refractivity contribution in [2.45, 2.75) is 0 Å². The summed E-state index contributed by atoms with van der Waals surface area (Å²) in [7, 11) is 0. The third kappa shape index (κ3) is 14.0. The maximum Gasteiger partial charge on any atom is 0.0344 e. The van der Waals surface area contributed by atoms with Gasteiger partial charge in [0.05, 0.1) is 0 Å². The molecule has 0 unspecified atom stereocenters. The number of benzene rings is 17. The molecule has 0 aliphatic carbocycles. The maximum atomic E-state index is 3.61. The molecule has 5 heteroatoms. The first-order valence-electron chi connectivity index (χ1n) is 36.8. The van der Waals surface area contributed by atoms with Crippen LogP contribution in [-0.4, -0.2) is 0 Å². The van der Waals surface area contributed by atoms with Gasteiger partial charge in [-0.1, -0.05) is 297 Å². The molecule has 0 saturated heterocycles. The Morgan fingerprint density at radius 3 is 0.752 bits per heavy atom. The zero-order chi connectivity index (χ0) is 72.0. The van der Waals surface area contributed by atoms with Crippen molar-refractivity contribution < 1.29 is 20.1 Å². The van der Waals surface area contributed by atoms with Crippen LogP contribution in [0.2, 0.25) is 0 Å². The predicted octanol–water partition coefficient (Wildman–Crippen LogP) is 28.1. The molecule has 2 aliphatic rings. The second-order valence-electron chi connectivity index (χ2n) is 27.1. The second-order valence-corrected chi connectivity index (χ2v) is 27.1. The van der Waals surface area contributed by atoms with Crippen molar-refractivity contribution in [1.82, 2.24) is 0 Å². The van der Waals surface area contributed by atoms with Gasteiger partial charge in [0.25, 0.3) is 0 Å². The number of hydrogen-bond acceptors (Lipinski definition) is 4. The Morgan fingerprint density at radius 2 is 0.413 bits per heavy atom. The summed E-state index contributed by atoms with van der Waals surface area (Å²) in [6.45, 7) is 4.30. The quantitative estimate of drug-likeness (QED) is 0.0949. The van der Waals surface area contributed by atoms with Crippen LogP contribution in [0, 0.1) is 25.5 Å². The van der Waals surface area contributed by atoms with Gasteiger partial charge in [-0.15, -0.1) is 36.3 Å². The van der Waals surface area contributed by atoms with E-state index in [0.717, 1.165) is 157 Å². The summed E-state index contributed by atoms with van der Waals surface area (Å²) in [5.41, 5.74) is 33.9. The monoisotopic (exact) mass is 1570 g/mol. The molecule has 0 N–H and O–H groups in total. The summed E-state index contributed by atoms with van der Waals surface area (Å²) >= 11 is 0. The van der Waals surface area contributed by atoms with Crippen LogP contribution in [0.1, 0.15) is 0 Å². The molecule has 0 bridgehead atoms.